The van der Waals surface area contributed by atoms with Crippen molar-refractivity contribution in [1.82, 2.24) is 15.1 Å². The number of urea groups is 1. The molecule has 0 aliphatic carbocycles. The fraction of sp³-hybridized carbons (Fsp3) is 0.294. The van der Waals surface area contributed by atoms with E-state index in [0.29, 0.717) is 37.0 Å². The van der Waals surface area contributed by atoms with E-state index in [1.807, 2.05) is 12.1 Å². The summed E-state index contributed by atoms with van der Waals surface area (Å²) in [7, 11) is 0. The average molecular weight is 348 g/mol. The third kappa shape index (κ3) is 4.08. The summed E-state index contributed by atoms with van der Waals surface area (Å²) in [5.41, 5.74) is 1.01. The molecule has 6 nitrogen and oxygen atoms in total. The first-order valence-corrected chi connectivity index (χ1v) is 8.07. The van der Waals surface area contributed by atoms with E-state index in [2.05, 4.69) is 5.32 Å². The van der Waals surface area contributed by atoms with Crippen LogP contribution in [0.4, 0.5) is 4.79 Å². The highest BCUT2D eigenvalue weighted by molar-refractivity contribution is 6.30. The van der Waals surface area contributed by atoms with Gasteiger partial charge in [0.2, 0.25) is 5.91 Å². The molecule has 126 valence electrons. The highest BCUT2D eigenvalue weighted by Gasteiger charge is 2.29. The van der Waals surface area contributed by atoms with Gasteiger partial charge in [-0.3, -0.25) is 4.79 Å². The van der Waals surface area contributed by atoms with Crippen LogP contribution in [0.3, 0.4) is 0 Å². The maximum Gasteiger partial charge on any atom is 0.320 e. The van der Waals surface area contributed by atoms with Gasteiger partial charge in [0.25, 0.3) is 0 Å². The topological polar surface area (TPSA) is 65.8 Å². The van der Waals surface area contributed by atoms with E-state index in [9.17, 15) is 9.59 Å². The molecule has 7 heteroatoms. The number of nitrogens with one attached hydrogen (secondary N) is 1. The Morgan fingerprint density at radius 2 is 1.92 bits per heavy atom. The third-order valence-electron chi connectivity index (χ3n) is 3.84. The molecule has 3 rings (SSSR count). The van der Waals surface area contributed by atoms with E-state index in [0.717, 1.165) is 5.56 Å². The number of hydrogen-bond donors (Lipinski definition) is 1. The maximum absolute atomic E-state index is 12.4. The smallest absolute Gasteiger partial charge is 0.320 e. The molecule has 1 aliphatic heterocycles. The Hall–Kier alpha value is -2.47. The molecule has 2 heterocycles. The van der Waals surface area contributed by atoms with E-state index >= 15 is 0 Å². The number of carbonyl (C=O) groups excluding carboxylic acids is 2. The molecule has 0 spiro atoms. The van der Waals surface area contributed by atoms with Crippen molar-refractivity contribution in [2.45, 2.75) is 13.1 Å². The lowest BCUT2D eigenvalue weighted by atomic mass is 10.2. The molecule has 0 atom stereocenters. The van der Waals surface area contributed by atoms with E-state index in [1.165, 1.54) is 0 Å². The van der Waals surface area contributed by atoms with Crippen LogP contribution in [-0.2, 0) is 17.9 Å². The van der Waals surface area contributed by atoms with Crippen LogP contribution >= 0.6 is 11.6 Å². The molecule has 3 amide bonds. The molecule has 1 saturated heterocycles. The van der Waals surface area contributed by atoms with E-state index in [1.54, 1.807) is 40.3 Å². The van der Waals surface area contributed by atoms with Crippen LogP contribution in [0.5, 0.6) is 0 Å². The average Bonchev–Trinajstić information content (AvgIpc) is 3.20. The Morgan fingerprint density at radius 1 is 1.17 bits per heavy atom. The number of benzene rings is 1. The number of halogens is 1. The highest BCUT2D eigenvalue weighted by Crippen LogP contribution is 2.15. The van der Waals surface area contributed by atoms with E-state index in [-0.39, 0.29) is 18.5 Å². The second-order valence-electron chi connectivity index (χ2n) is 5.61. The van der Waals surface area contributed by atoms with Crippen LogP contribution in [0.2, 0.25) is 5.02 Å². The summed E-state index contributed by atoms with van der Waals surface area (Å²) in [5.74, 6) is 0.480. The van der Waals surface area contributed by atoms with Crippen molar-refractivity contribution in [2.75, 3.05) is 19.6 Å². The van der Waals surface area contributed by atoms with Gasteiger partial charge in [0.1, 0.15) is 12.3 Å². The zero-order valence-electron chi connectivity index (χ0n) is 13.1. The monoisotopic (exact) mass is 347 g/mol. The Bertz CT molecular complexity index is 700. The number of rotatable bonds is 6. The van der Waals surface area contributed by atoms with E-state index < -0.39 is 0 Å². The summed E-state index contributed by atoms with van der Waals surface area (Å²) in [6, 6.07) is 10.8. The molecule has 1 aromatic heterocycles. The first-order valence-electron chi connectivity index (χ1n) is 7.69. The summed E-state index contributed by atoms with van der Waals surface area (Å²) < 4.78 is 5.15. The summed E-state index contributed by atoms with van der Waals surface area (Å²) in [5, 5.41) is 3.41. The number of carbonyl (C=O) groups is 2. The van der Waals surface area contributed by atoms with Crippen molar-refractivity contribution in [3.63, 3.8) is 0 Å². The first kappa shape index (κ1) is 16.4. The van der Waals surface area contributed by atoms with Crippen molar-refractivity contribution in [3.8, 4) is 0 Å². The van der Waals surface area contributed by atoms with E-state index in [4.69, 9.17) is 16.0 Å². The van der Waals surface area contributed by atoms with Gasteiger partial charge in [-0.1, -0.05) is 23.7 Å². The first-order chi connectivity index (χ1) is 11.6. The molecule has 1 aliphatic rings. The molecule has 0 bridgehead atoms. The molecular formula is C17H18ClN3O3. The molecule has 0 saturated carbocycles. The zero-order valence-corrected chi connectivity index (χ0v) is 13.8. The van der Waals surface area contributed by atoms with Crippen LogP contribution in [0.25, 0.3) is 0 Å². The normalized spacial score (nSPS) is 14.3. The second-order valence-corrected chi connectivity index (χ2v) is 6.04. The van der Waals surface area contributed by atoms with Crippen molar-refractivity contribution >= 4 is 23.5 Å². The standard InChI is InChI=1S/C17H18ClN3O3/c18-14-5-3-13(4-6-14)11-20-7-8-21(17(20)23)12-16(22)19-10-15-2-1-9-24-15/h1-6,9H,7-8,10-12H2,(H,19,22). The fourth-order valence-corrected chi connectivity index (χ4v) is 2.69. The predicted octanol–water partition coefficient (Wildman–Crippen LogP) is 2.49. The second kappa shape index (κ2) is 7.40. The lowest BCUT2D eigenvalue weighted by Crippen LogP contribution is -2.39. The van der Waals surface area contributed by atoms with Crippen molar-refractivity contribution < 1.29 is 14.0 Å². The Kier molecular flexibility index (Phi) is 5.05. The van der Waals surface area contributed by atoms with Crippen LogP contribution in [0.1, 0.15) is 11.3 Å². The quantitative estimate of drug-likeness (QED) is 0.873. The maximum atomic E-state index is 12.4. The lowest BCUT2D eigenvalue weighted by Gasteiger charge is -2.18. The number of amides is 3. The van der Waals surface area contributed by atoms with Crippen molar-refractivity contribution in [3.05, 3.63) is 59.0 Å². The number of nitrogens with zero attached hydrogens (tertiary/aromatic N) is 2. The van der Waals surface area contributed by atoms with Gasteiger partial charge < -0.3 is 19.5 Å². The Balaban J connectivity index is 1.48. The van der Waals surface area contributed by atoms with Gasteiger partial charge >= 0.3 is 6.03 Å². The van der Waals surface area contributed by atoms with Crippen molar-refractivity contribution in [2.24, 2.45) is 0 Å². The Labute approximate surface area is 145 Å². The lowest BCUT2D eigenvalue weighted by molar-refractivity contribution is -0.121. The molecule has 1 fully saturated rings. The van der Waals surface area contributed by atoms with Gasteiger partial charge in [-0.2, -0.15) is 0 Å². The predicted molar refractivity (Wildman–Crippen MR) is 89.4 cm³/mol. The van der Waals surface area contributed by atoms with Crippen molar-refractivity contribution in [1.29, 1.82) is 0 Å². The minimum atomic E-state index is -0.201. The molecule has 0 unspecified atom stereocenters. The van der Waals surface area contributed by atoms with Gasteiger partial charge in [0, 0.05) is 24.7 Å². The van der Waals surface area contributed by atoms with Crippen LogP contribution < -0.4 is 5.32 Å². The summed E-state index contributed by atoms with van der Waals surface area (Å²) >= 11 is 5.86. The Morgan fingerprint density at radius 3 is 2.62 bits per heavy atom. The fourth-order valence-electron chi connectivity index (χ4n) is 2.56. The molecular weight excluding hydrogens is 330 g/mol. The summed E-state index contributed by atoms with van der Waals surface area (Å²) in [4.78, 5) is 27.6. The molecule has 1 N–H and O–H groups in total. The number of furan rings is 1. The van der Waals surface area contributed by atoms with Gasteiger partial charge in [0.15, 0.2) is 0 Å². The van der Waals surface area contributed by atoms with Gasteiger partial charge in [-0.15, -0.1) is 0 Å². The molecule has 0 radical (unpaired) electrons. The van der Waals surface area contributed by atoms with Gasteiger partial charge in [-0.25, -0.2) is 4.79 Å². The molecule has 1 aromatic carbocycles. The highest BCUT2D eigenvalue weighted by atomic mass is 35.5. The zero-order chi connectivity index (χ0) is 16.9. The minimum Gasteiger partial charge on any atom is -0.467 e. The SMILES string of the molecule is O=C(CN1CCN(Cc2ccc(Cl)cc2)C1=O)NCc1ccco1. The van der Waals surface area contributed by atoms with Gasteiger partial charge in [-0.05, 0) is 29.8 Å². The number of hydrogen-bond acceptors (Lipinski definition) is 3. The van der Waals surface area contributed by atoms with Crippen LogP contribution in [0.15, 0.2) is 47.1 Å². The van der Waals surface area contributed by atoms with Crippen LogP contribution in [0, 0.1) is 0 Å². The molecule has 24 heavy (non-hydrogen) atoms. The largest absolute Gasteiger partial charge is 0.467 e. The van der Waals surface area contributed by atoms with Crippen LogP contribution in [-0.4, -0.2) is 41.4 Å². The molecule has 2 aromatic rings. The third-order valence-corrected chi connectivity index (χ3v) is 4.09. The summed E-state index contributed by atoms with van der Waals surface area (Å²) in [6.45, 7) is 2.03. The van der Waals surface area contributed by atoms with Gasteiger partial charge in [0.05, 0.1) is 12.8 Å². The summed E-state index contributed by atoms with van der Waals surface area (Å²) in [6.07, 6.45) is 1.56. The minimum absolute atomic E-state index is 0.0522.